The molecule has 0 rings (SSSR count). The molecule has 6 heavy (non-hydrogen) atoms. The molecule has 3 heteroatoms. The Bertz CT molecular complexity index is 31.8. The zero-order chi connectivity index (χ0) is 5.58. The van der Waals surface area contributed by atoms with Crippen LogP contribution in [-0.4, -0.2) is 11.1 Å². The number of carboxylic acids is 1. The van der Waals surface area contributed by atoms with Gasteiger partial charge in [-0.1, -0.05) is 0 Å². The van der Waals surface area contributed by atoms with E-state index in [4.69, 9.17) is 9.90 Å². The molecule has 0 fully saturated rings. The van der Waals surface area contributed by atoms with Gasteiger partial charge in [-0.05, 0) is 0 Å². The summed E-state index contributed by atoms with van der Waals surface area (Å²) < 4.78 is 0. The van der Waals surface area contributed by atoms with Crippen molar-refractivity contribution in [2.75, 3.05) is 0 Å². The molecule has 2 nitrogen and oxygen atoms in total. The van der Waals surface area contributed by atoms with Crippen LogP contribution in [-0.2, 0) is 23.1 Å². The van der Waals surface area contributed by atoms with Gasteiger partial charge in [-0.15, -0.1) is 0 Å². The molecule has 0 bridgehead atoms. The third-order valence-electron chi connectivity index (χ3n) is 0. The molecule has 0 aromatic carbocycles. The van der Waals surface area contributed by atoms with Gasteiger partial charge in [-0.2, -0.15) is 0 Å². The van der Waals surface area contributed by atoms with Crippen molar-refractivity contribution >= 4 is 5.97 Å². The van der Waals surface area contributed by atoms with Crippen molar-refractivity contribution in [2.24, 2.45) is 0 Å². The van der Waals surface area contributed by atoms with Crippen LogP contribution in [0.5, 0.6) is 0 Å². The summed E-state index contributed by atoms with van der Waals surface area (Å²) in [4.78, 5) is 9.00. The Labute approximate surface area is 47.2 Å². The normalized spacial score (nSPS) is 5.33. The van der Waals surface area contributed by atoms with Gasteiger partial charge in [0, 0.05) is 6.92 Å². The molecular weight excluding hydrogens is 133 g/mol. The predicted molar refractivity (Wildman–Crippen MR) is 19.2 cm³/mol. The molecule has 0 heterocycles. The summed E-state index contributed by atoms with van der Waals surface area (Å²) in [5.74, 6) is -0.833. The average molecular weight is 140 g/mol. The molecule has 0 amide bonds. The second-order valence-corrected chi connectivity index (χ2v) is 0.519. The predicted octanol–water partition coefficient (Wildman–Crippen LogP) is 0.672. The van der Waals surface area contributed by atoms with Crippen molar-refractivity contribution < 1.29 is 28.2 Å². The Morgan fingerprint density at radius 2 is 1.67 bits per heavy atom. The Hall–Kier alpha value is 0.0934. The van der Waals surface area contributed by atoms with Gasteiger partial charge >= 0.3 is 23.8 Å². The molecule has 0 saturated heterocycles. The topological polar surface area (TPSA) is 37.3 Å². The van der Waals surface area contributed by atoms with Crippen LogP contribution in [0.1, 0.15) is 6.92 Å². The Balaban J connectivity index is 0. The van der Waals surface area contributed by atoms with Crippen molar-refractivity contribution in [3.05, 3.63) is 0 Å². The van der Waals surface area contributed by atoms with E-state index in [2.05, 4.69) is 5.52 Å². The molecule has 0 saturated carbocycles. The first-order valence-corrected chi connectivity index (χ1v) is 4.60. The van der Waals surface area contributed by atoms with Crippen LogP contribution in [0.25, 0.3) is 0 Å². The summed E-state index contributed by atoms with van der Waals surface area (Å²) in [6, 6.07) is 0. The molecule has 33 valence electrons. The first kappa shape index (κ1) is 9.43. The number of carbonyl (C=O) groups is 1. The first-order valence-electron chi connectivity index (χ1n) is 1.63. The quantitative estimate of drug-likeness (QED) is 0.502. The fourth-order valence-electron chi connectivity index (χ4n) is 0. The molecule has 1 N–H and O–H groups in total. The van der Waals surface area contributed by atoms with Gasteiger partial charge in [-0.3, -0.25) is 4.79 Å². The summed E-state index contributed by atoms with van der Waals surface area (Å²) in [6.45, 7) is 1.08. The molecule has 0 aromatic heterocycles. The van der Waals surface area contributed by atoms with E-state index in [1.54, 1.807) is 0 Å². The van der Waals surface area contributed by atoms with E-state index in [1.165, 1.54) is 18.3 Å². The Morgan fingerprint density at radius 1 is 1.67 bits per heavy atom. The SMILES string of the molecule is CC(=O)O.[CH3][Zn]. The van der Waals surface area contributed by atoms with Gasteiger partial charge in [0.05, 0.1) is 0 Å². The summed E-state index contributed by atoms with van der Waals surface area (Å²) in [5, 5.41) is 7.42. The molecule has 0 aliphatic heterocycles. The third kappa shape index (κ3) is 4490. The van der Waals surface area contributed by atoms with Crippen molar-refractivity contribution in [1.29, 1.82) is 0 Å². The van der Waals surface area contributed by atoms with Crippen LogP contribution < -0.4 is 0 Å². The summed E-state index contributed by atoms with van der Waals surface area (Å²) in [5.41, 5.74) is 2.12. The van der Waals surface area contributed by atoms with E-state index in [1.807, 2.05) is 0 Å². The second-order valence-electron chi connectivity index (χ2n) is 0.519. The van der Waals surface area contributed by atoms with Crippen LogP contribution in [0.3, 0.4) is 0 Å². The first-order chi connectivity index (χ1) is 2.73. The van der Waals surface area contributed by atoms with Crippen molar-refractivity contribution in [3.8, 4) is 0 Å². The average Bonchev–Trinajstić information content (AvgIpc) is 1.41. The molecule has 0 unspecified atom stereocenters. The van der Waals surface area contributed by atoms with E-state index in [0.29, 0.717) is 0 Å². The summed E-state index contributed by atoms with van der Waals surface area (Å²) >= 11 is 1.38. The van der Waals surface area contributed by atoms with E-state index < -0.39 is 5.97 Å². The fourth-order valence-corrected chi connectivity index (χ4v) is 0. The molecule has 0 aromatic rings. The van der Waals surface area contributed by atoms with Gasteiger partial charge in [0.25, 0.3) is 5.97 Å². The Morgan fingerprint density at radius 3 is 1.67 bits per heavy atom. The minimum absolute atomic E-state index is 0.833. The van der Waals surface area contributed by atoms with Crippen molar-refractivity contribution in [2.45, 2.75) is 12.4 Å². The van der Waals surface area contributed by atoms with E-state index >= 15 is 0 Å². The van der Waals surface area contributed by atoms with E-state index in [-0.39, 0.29) is 0 Å². The van der Waals surface area contributed by atoms with Crippen LogP contribution in [0, 0.1) is 0 Å². The second kappa shape index (κ2) is 8.92. The van der Waals surface area contributed by atoms with Crippen LogP contribution in [0.15, 0.2) is 0 Å². The van der Waals surface area contributed by atoms with Crippen LogP contribution in [0.2, 0.25) is 5.52 Å². The van der Waals surface area contributed by atoms with Crippen molar-refractivity contribution in [3.63, 3.8) is 0 Å². The molecule has 0 atom stereocenters. The van der Waals surface area contributed by atoms with Gasteiger partial charge in [0.1, 0.15) is 0 Å². The summed E-state index contributed by atoms with van der Waals surface area (Å²) in [6.07, 6.45) is 0. The van der Waals surface area contributed by atoms with Gasteiger partial charge in [-0.25, -0.2) is 0 Å². The molecular formula is C3H7O2Zn. The molecule has 0 aliphatic carbocycles. The molecule has 0 aliphatic rings. The zero-order valence-corrected chi connectivity index (χ0v) is 7.03. The number of carboxylic acid groups (broad SMARTS) is 1. The molecule has 0 spiro atoms. The van der Waals surface area contributed by atoms with Gasteiger partial charge < -0.3 is 5.11 Å². The van der Waals surface area contributed by atoms with Crippen molar-refractivity contribution in [1.82, 2.24) is 0 Å². The number of hydrogen-bond acceptors (Lipinski definition) is 1. The van der Waals surface area contributed by atoms with Crippen LogP contribution >= 0.6 is 0 Å². The van der Waals surface area contributed by atoms with Gasteiger partial charge in [0.15, 0.2) is 0 Å². The summed E-state index contributed by atoms with van der Waals surface area (Å²) in [7, 11) is 0. The van der Waals surface area contributed by atoms with Crippen LogP contribution in [0.4, 0.5) is 0 Å². The third-order valence-corrected chi connectivity index (χ3v) is 0. The molecule has 0 radical (unpaired) electrons. The van der Waals surface area contributed by atoms with E-state index in [0.717, 1.165) is 6.92 Å². The minimum atomic E-state index is -0.833. The number of hydrogen-bond donors (Lipinski definition) is 1. The Kier molecular flexibility index (Phi) is 14.0. The fraction of sp³-hybridized carbons (Fsp3) is 0.667. The maximum atomic E-state index is 9.00. The number of aliphatic carboxylic acids is 1. The standard InChI is InChI=1S/C2H4O2.CH3.Zn/c1-2(3)4;;/h1H3,(H,3,4);1H3;. The van der Waals surface area contributed by atoms with Gasteiger partial charge in [0.2, 0.25) is 0 Å². The zero-order valence-electron chi connectivity index (χ0n) is 4.06. The van der Waals surface area contributed by atoms with E-state index in [9.17, 15) is 0 Å². The maximum absolute atomic E-state index is 9.00. The monoisotopic (exact) mass is 139 g/mol. The number of rotatable bonds is 0.